The molecule has 0 radical (unpaired) electrons. The van der Waals surface area contributed by atoms with Crippen LogP contribution >= 0.6 is 0 Å². The highest BCUT2D eigenvalue weighted by atomic mass is 32.2. The fourth-order valence-electron chi connectivity index (χ4n) is 2.53. The molecule has 3 N–H and O–H groups in total. The Kier molecular flexibility index (Phi) is 4.06. The molecule has 23 heavy (non-hydrogen) atoms. The van der Waals surface area contributed by atoms with Crippen LogP contribution in [0.1, 0.15) is 28.4 Å². The summed E-state index contributed by atoms with van der Waals surface area (Å²) in [5.74, 6) is 0.501. The number of carbonyl (C=O) groups is 1. The van der Waals surface area contributed by atoms with Crippen molar-refractivity contribution in [2.75, 3.05) is 6.61 Å². The zero-order chi connectivity index (χ0) is 16.4. The number of rotatable bonds is 3. The van der Waals surface area contributed by atoms with Crippen LogP contribution in [0.4, 0.5) is 0 Å². The monoisotopic (exact) mass is 332 g/mol. The van der Waals surface area contributed by atoms with E-state index in [0.29, 0.717) is 18.6 Å². The fourth-order valence-corrected chi connectivity index (χ4v) is 3.05. The van der Waals surface area contributed by atoms with Crippen LogP contribution in [0.5, 0.6) is 5.75 Å². The largest absolute Gasteiger partial charge is 0.493 e. The predicted molar refractivity (Wildman–Crippen MR) is 84.6 cm³/mol. The van der Waals surface area contributed by atoms with Crippen molar-refractivity contribution in [3.8, 4) is 5.75 Å². The molecule has 1 heterocycles. The number of sulfonamides is 1. The molecule has 1 unspecified atom stereocenters. The van der Waals surface area contributed by atoms with Crippen molar-refractivity contribution in [3.63, 3.8) is 0 Å². The lowest BCUT2D eigenvalue weighted by molar-refractivity contribution is 0.0924. The van der Waals surface area contributed by atoms with Crippen LogP contribution < -0.4 is 15.2 Å². The summed E-state index contributed by atoms with van der Waals surface area (Å²) in [5.41, 5.74) is 1.31. The van der Waals surface area contributed by atoms with Crippen LogP contribution in [0.15, 0.2) is 53.4 Å². The van der Waals surface area contributed by atoms with Gasteiger partial charge in [-0.1, -0.05) is 18.2 Å². The molecule has 0 saturated heterocycles. The number of carbonyl (C=O) groups excluding carboxylic acids is 1. The Bertz CT molecular complexity index is 831. The summed E-state index contributed by atoms with van der Waals surface area (Å²) in [6.07, 6.45) is 0.679. The van der Waals surface area contributed by atoms with E-state index in [1.54, 1.807) is 0 Å². The average Bonchev–Trinajstić information content (AvgIpc) is 2.54. The first-order valence-corrected chi connectivity index (χ1v) is 8.65. The maximum atomic E-state index is 12.4. The molecule has 0 spiro atoms. The van der Waals surface area contributed by atoms with Crippen molar-refractivity contribution in [2.45, 2.75) is 17.4 Å². The quantitative estimate of drug-likeness (QED) is 0.891. The fraction of sp³-hybridized carbons (Fsp3) is 0.188. The van der Waals surface area contributed by atoms with Crippen LogP contribution in [-0.4, -0.2) is 20.9 Å². The molecule has 6 nitrogen and oxygen atoms in total. The zero-order valence-electron chi connectivity index (χ0n) is 12.2. The van der Waals surface area contributed by atoms with Gasteiger partial charge >= 0.3 is 0 Å². The third kappa shape index (κ3) is 3.35. The molecule has 2 aromatic rings. The minimum atomic E-state index is -3.76. The summed E-state index contributed by atoms with van der Waals surface area (Å²) in [5, 5.41) is 7.99. The molecule has 0 aliphatic carbocycles. The van der Waals surface area contributed by atoms with Gasteiger partial charge in [-0.15, -0.1) is 0 Å². The van der Waals surface area contributed by atoms with E-state index in [4.69, 9.17) is 9.88 Å². The Hall–Kier alpha value is -2.38. The average molecular weight is 332 g/mol. The zero-order valence-corrected chi connectivity index (χ0v) is 13.0. The van der Waals surface area contributed by atoms with Crippen molar-refractivity contribution < 1.29 is 17.9 Å². The third-order valence-corrected chi connectivity index (χ3v) is 4.64. The highest BCUT2D eigenvalue weighted by Gasteiger charge is 2.23. The molecule has 0 fully saturated rings. The molecule has 0 aromatic heterocycles. The summed E-state index contributed by atoms with van der Waals surface area (Å²) < 4.78 is 28.0. The van der Waals surface area contributed by atoms with Gasteiger partial charge in [-0.05, 0) is 30.3 Å². The first-order valence-electron chi connectivity index (χ1n) is 7.10. The minimum absolute atomic E-state index is 0.0227. The van der Waals surface area contributed by atoms with Gasteiger partial charge in [0, 0.05) is 17.5 Å². The van der Waals surface area contributed by atoms with Gasteiger partial charge in [0.15, 0.2) is 0 Å². The van der Waals surface area contributed by atoms with Crippen molar-refractivity contribution in [2.24, 2.45) is 5.14 Å². The first-order chi connectivity index (χ1) is 10.9. The summed E-state index contributed by atoms with van der Waals surface area (Å²) in [7, 11) is -3.76. The molecule has 1 amide bonds. The van der Waals surface area contributed by atoms with Gasteiger partial charge in [0.2, 0.25) is 10.0 Å². The topological polar surface area (TPSA) is 98.5 Å². The summed E-state index contributed by atoms with van der Waals surface area (Å²) in [6.45, 7) is 0.534. The SMILES string of the molecule is NS(=O)(=O)c1ccc(C(=O)NC2CCOc3ccccc32)cc1. The lowest BCUT2D eigenvalue weighted by Crippen LogP contribution is -2.32. The molecular weight excluding hydrogens is 316 g/mol. The van der Waals surface area contributed by atoms with E-state index in [1.165, 1.54) is 24.3 Å². The van der Waals surface area contributed by atoms with Crippen molar-refractivity contribution in [1.82, 2.24) is 5.32 Å². The number of ether oxygens (including phenoxy) is 1. The maximum Gasteiger partial charge on any atom is 0.251 e. The molecule has 1 aliphatic heterocycles. The van der Waals surface area contributed by atoms with Crippen LogP contribution in [0.25, 0.3) is 0 Å². The standard InChI is InChI=1S/C16H16N2O4S/c17-23(20,21)12-7-5-11(6-8-12)16(19)18-14-9-10-22-15-4-2-1-3-13(14)15/h1-8,14H,9-10H2,(H,18,19)(H2,17,20,21). The molecule has 1 aliphatic rings. The van der Waals surface area contributed by atoms with Crippen LogP contribution in [0.3, 0.4) is 0 Å². The first kappa shape index (κ1) is 15.5. The second-order valence-corrected chi connectivity index (χ2v) is 6.83. The highest BCUT2D eigenvalue weighted by molar-refractivity contribution is 7.89. The van der Waals surface area contributed by atoms with Crippen molar-refractivity contribution in [3.05, 3.63) is 59.7 Å². The molecule has 120 valence electrons. The Morgan fingerprint density at radius 3 is 2.52 bits per heavy atom. The molecule has 0 bridgehead atoms. The predicted octanol–water partition coefficient (Wildman–Crippen LogP) is 1.59. The second-order valence-electron chi connectivity index (χ2n) is 5.27. The van der Waals surface area contributed by atoms with E-state index in [9.17, 15) is 13.2 Å². The third-order valence-electron chi connectivity index (χ3n) is 3.71. The molecule has 0 saturated carbocycles. The van der Waals surface area contributed by atoms with E-state index in [0.717, 1.165) is 11.3 Å². The van der Waals surface area contributed by atoms with Crippen LogP contribution in [0.2, 0.25) is 0 Å². The smallest absolute Gasteiger partial charge is 0.251 e. The van der Waals surface area contributed by atoms with Gasteiger partial charge in [0.25, 0.3) is 5.91 Å². The van der Waals surface area contributed by atoms with Crippen molar-refractivity contribution in [1.29, 1.82) is 0 Å². The lowest BCUT2D eigenvalue weighted by Gasteiger charge is -2.26. The van der Waals surface area contributed by atoms with Crippen LogP contribution in [-0.2, 0) is 10.0 Å². The number of amides is 1. The van der Waals surface area contributed by atoms with E-state index < -0.39 is 10.0 Å². The van der Waals surface area contributed by atoms with Gasteiger partial charge in [-0.2, -0.15) is 0 Å². The number of fused-ring (bicyclic) bond motifs is 1. The van der Waals surface area contributed by atoms with Gasteiger partial charge in [0.05, 0.1) is 17.5 Å². The lowest BCUT2D eigenvalue weighted by atomic mass is 10.00. The Morgan fingerprint density at radius 1 is 1.13 bits per heavy atom. The van der Waals surface area contributed by atoms with E-state index in [1.807, 2.05) is 24.3 Å². The van der Waals surface area contributed by atoms with Gasteiger partial charge in [-0.25, -0.2) is 13.6 Å². The van der Waals surface area contributed by atoms with E-state index in [2.05, 4.69) is 5.32 Å². The second kappa shape index (κ2) is 6.02. The highest BCUT2D eigenvalue weighted by Crippen LogP contribution is 2.31. The summed E-state index contributed by atoms with van der Waals surface area (Å²) >= 11 is 0. The maximum absolute atomic E-state index is 12.4. The number of nitrogens with one attached hydrogen (secondary N) is 1. The molecule has 2 aromatic carbocycles. The molecule has 1 atom stereocenters. The summed E-state index contributed by atoms with van der Waals surface area (Å²) in [6, 6.07) is 13.0. The van der Waals surface area contributed by atoms with E-state index >= 15 is 0 Å². The molecule has 3 rings (SSSR count). The number of hydrogen-bond acceptors (Lipinski definition) is 4. The minimum Gasteiger partial charge on any atom is -0.493 e. The van der Waals surface area contributed by atoms with Crippen molar-refractivity contribution >= 4 is 15.9 Å². The Balaban J connectivity index is 1.78. The number of nitrogens with two attached hydrogens (primary N) is 1. The summed E-state index contributed by atoms with van der Waals surface area (Å²) in [4.78, 5) is 12.3. The van der Waals surface area contributed by atoms with Gasteiger partial charge < -0.3 is 10.1 Å². The molecule has 7 heteroatoms. The van der Waals surface area contributed by atoms with Gasteiger partial charge in [-0.3, -0.25) is 4.79 Å². The van der Waals surface area contributed by atoms with E-state index in [-0.39, 0.29) is 16.8 Å². The number of hydrogen-bond donors (Lipinski definition) is 2. The Labute approximate surface area is 134 Å². The number of benzene rings is 2. The molecular formula is C16H16N2O4S. The van der Waals surface area contributed by atoms with Crippen LogP contribution in [0, 0.1) is 0 Å². The van der Waals surface area contributed by atoms with Gasteiger partial charge in [0.1, 0.15) is 5.75 Å². The number of primary sulfonamides is 1. The Morgan fingerprint density at radius 2 is 1.83 bits per heavy atom. The normalized spacial score (nSPS) is 17.0. The number of para-hydroxylation sites is 1.